The molecular formula is C23H28N6O2. The maximum Gasteiger partial charge on any atom is 0.332 e. The molecule has 8 nitrogen and oxygen atoms in total. The van der Waals surface area contributed by atoms with Crippen LogP contribution in [-0.2, 0) is 13.6 Å². The maximum absolute atomic E-state index is 13.6. The summed E-state index contributed by atoms with van der Waals surface area (Å²) in [6.07, 6.45) is 0. The van der Waals surface area contributed by atoms with Crippen molar-refractivity contribution in [3.8, 4) is 5.95 Å². The van der Waals surface area contributed by atoms with Crippen molar-refractivity contribution in [2.45, 2.75) is 54.1 Å². The fourth-order valence-electron chi connectivity index (χ4n) is 4.01. The zero-order valence-electron chi connectivity index (χ0n) is 19.1. The van der Waals surface area contributed by atoms with Gasteiger partial charge in [0.2, 0.25) is 5.95 Å². The van der Waals surface area contributed by atoms with Crippen LogP contribution < -0.4 is 11.2 Å². The number of aryl methyl sites for hydroxylation is 3. The van der Waals surface area contributed by atoms with E-state index in [2.05, 4.69) is 5.10 Å². The van der Waals surface area contributed by atoms with Crippen LogP contribution in [0.25, 0.3) is 17.1 Å². The third kappa shape index (κ3) is 3.22. The molecular weight excluding hydrogens is 392 g/mol. The highest BCUT2D eigenvalue weighted by Gasteiger charge is 2.24. The van der Waals surface area contributed by atoms with E-state index in [9.17, 15) is 9.59 Å². The average molecular weight is 421 g/mol. The molecule has 0 atom stereocenters. The van der Waals surface area contributed by atoms with Gasteiger partial charge in [0.15, 0.2) is 11.2 Å². The van der Waals surface area contributed by atoms with E-state index < -0.39 is 0 Å². The monoisotopic (exact) mass is 420 g/mol. The minimum absolute atomic E-state index is 0.0539. The van der Waals surface area contributed by atoms with E-state index in [1.165, 1.54) is 9.13 Å². The van der Waals surface area contributed by atoms with E-state index in [0.717, 1.165) is 28.1 Å². The van der Waals surface area contributed by atoms with Crippen LogP contribution in [-0.4, -0.2) is 28.5 Å². The Morgan fingerprint density at radius 3 is 2.35 bits per heavy atom. The number of aromatic nitrogens is 6. The van der Waals surface area contributed by atoms with Crippen LogP contribution in [0, 0.1) is 27.7 Å². The van der Waals surface area contributed by atoms with Crippen LogP contribution in [0.15, 0.2) is 33.9 Å². The number of nitrogens with zero attached hydrogens (tertiary/aromatic N) is 6. The first-order chi connectivity index (χ1) is 14.6. The first-order valence-electron chi connectivity index (χ1n) is 10.4. The molecule has 31 heavy (non-hydrogen) atoms. The molecule has 0 radical (unpaired) electrons. The van der Waals surface area contributed by atoms with E-state index >= 15 is 0 Å². The Kier molecular flexibility index (Phi) is 4.95. The molecule has 0 bridgehead atoms. The lowest BCUT2D eigenvalue weighted by atomic mass is 10.1. The predicted octanol–water partition coefficient (Wildman–Crippen LogP) is 2.95. The summed E-state index contributed by atoms with van der Waals surface area (Å²) in [7, 11) is 1.66. The zero-order valence-corrected chi connectivity index (χ0v) is 19.1. The molecule has 4 aromatic rings. The fraction of sp³-hybridized carbons (Fsp3) is 0.391. The van der Waals surface area contributed by atoms with E-state index in [0.29, 0.717) is 17.1 Å². The molecule has 0 N–H and O–H groups in total. The Morgan fingerprint density at radius 2 is 1.77 bits per heavy atom. The van der Waals surface area contributed by atoms with E-state index in [1.807, 2.05) is 70.4 Å². The van der Waals surface area contributed by atoms with Crippen molar-refractivity contribution in [3.05, 3.63) is 73.2 Å². The summed E-state index contributed by atoms with van der Waals surface area (Å²) >= 11 is 0. The van der Waals surface area contributed by atoms with E-state index in [4.69, 9.17) is 4.98 Å². The normalized spacial score (nSPS) is 11.7. The van der Waals surface area contributed by atoms with Gasteiger partial charge in [-0.05, 0) is 52.7 Å². The SMILES string of the molecule is Cc1cccc(Cn2c(=O)c3c(nc(-n4nc(C)c(C)c4C)n3C(C)C)n(C)c2=O)c1. The summed E-state index contributed by atoms with van der Waals surface area (Å²) in [5, 5.41) is 4.64. The average Bonchev–Trinajstić information content (AvgIpc) is 3.23. The maximum atomic E-state index is 13.6. The van der Waals surface area contributed by atoms with Gasteiger partial charge in [-0.2, -0.15) is 10.1 Å². The number of rotatable bonds is 4. The van der Waals surface area contributed by atoms with Crippen LogP contribution in [0.1, 0.15) is 48.0 Å². The highest BCUT2D eigenvalue weighted by molar-refractivity contribution is 5.73. The number of imidazole rings is 1. The molecule has 1 aromatic carbocycles. The van der Waals surface area contributed by atoms with Crippen molar-refractivity contribution in [2.75, 3.05) is 0 Å². The number of benzene rings is 1. The Hall–Kier alpha value is -3.42. The summed E-state index contributed by atoms with van der Waals surface area (Å²) in [6.45, 7) is 12.1. The number of hydrogen-bond acceptors (Lipinski definition) is 4. The first kappa shape index (κ1) is 20.8. The molecule has 0 saturated heterocycles. The molecule has 4 rings (SSSR count). The highest BCUT2D eigenvalue weighted by Crippen LogP contribution is 2.23. The largest absolute Gasteiger partial charge is 0.332 e. The third-order valence-electron chi connectivity index (χ3n) is 5.94. The second-order valence-electron chi connectivity index (χ2n) is 8.48. The quantitative estimate of drug-likeness (QED) is 0.508. The predicted molar refractivity (Wildman–Crippen MR) is 121 cm³/mol. The summed E-state index contributed by atoms with van der Waals surface area (Å²) in [6, 6.07) is 7.78. The Bertz CT molecular complexity index is 1430. The molecule has 162 valence electrons. The minimum atomic E-state index is -0.386. The lowest BCUT2D eigenvalue weighted by Gasteiger charge is -2.14. The Morgan fingerprint density at radius 1 is 1.06 bits per heavy atom. The molecule has 0 spiro atoms. The minimum Gasteiger partial charge on any atom is -0.300 e. The van der Waals surface area contributed by atoms with Gasteiger partial charge in [0.05, 0.1) is 12.2 Å². The summed E-state index contributed by atoms with van der Waals surface area (Å²) in [4.78, 5) is 31.4. The molecule has 3 heterocycles. The lowest BCUT2D eigenvalue weighted by molar-refractivity contribution is 0.577. The van der Waals surface area contributed by atoms with Gasteiger partial charge in [0, 0.05) is 18.8 Å². The second kappa shape index (κ2) is 7.37. The Labute approximate surface area is 180 Å². The second-order valence-corrected chi connectivity index (χ2v) is 8.48. The van der Waals surface area contributed by atoms with Crippen molar-refractivity contribution in [1.82, 2.24) is 28.5 Å². The van der Waals surface area contributed by atoms with Gasteiger partial charge in [-0.3, -0.25) is 18.5 Å². The summed E-state index contributed by atoms with van der Waals surface area (Å²) < 4.78 is 6.38. The zero-order chi connectivity index (χ0) is 22.6. The molecule has 0 amide bonds. The van der Waals surface area contributed by atoms with Gasteiger partial charge >= 0.3 is 5.69 Å². The van der Waals surface area contributed by atoms with Crippen molar-refractivity contribution in [2.24, 2.45) is 7.05 Å². The smallest absolute Gasteiger partial charge is 0.300 e. The number of fused-ring (bicyclic) bond motifs is 1. The molecule has 0 aliphatic rings. The van der Waals surface area contributed by atoms with Crippen LogP contribution in [0.2, 0.25) is 0 Å². The van der Waals surface area contributed by atoms with Crippen molar-refractivity contribution >= 4 is 11.2 Å². The topological polar surface area (TPSA) is 79.6 Å². The highest BCUT2D eigenvalue weighted by atomic mass is 16.2. The van der Waals surface area contributed by atoms with Crippen LogP contribution >= 0.6 is 0 Å². The summed E-state index contributed by atoms with van der Waals surface area (Å²) in [5.74, 6) is 0.541. The molecule has 0 saturated carbocycles. The van der Waals surface area contributed by atoms with Gasteiger partial charge in [-0.15, -0.1) is 0 Å². The van der Waals surface area contributed by atoms with Gasteiger partial charge in [-0.25, -0.2) is 9.48 Å². The Balaban J connectivity index is 2.05. The van der Waals surface area contributed by atoms with Crippen LogP contribution in [0.4, 0.5) is 0 Å². The van der Waals surface area contributed by atoms with E-state index in [1.54, 1.807) is 11.7 Å². The third-order valence-corrected chi connectivity index (χ3v) is 5.94. The molecule has 3 aromatic heterocycles. The van der Waals surface area contributed by atoms with Crippen molar-refractivity contribution in [3.63, 3.8) is 0 Å². The fourth-order valence-corrected chi connectivity index (χ4v) is 4.01. The van der Waals surface area contributed by atoms with Crippen LogP contribution in [0.5, 0.6) is 0 Å². The van der Waals surface area contributed by atoms with E-state index in [-0.39, 0.29) is 23.8 Å². The van der Waals surface area contributed by atoms with Gasteiger partial charge in [0.25, 0.3) is 5.56 Å². The van der Waals surface area contributed by atoms with Crippen molar-refractivity contribution < 1.29 is 0 Å². The van der Waals surface area contributed by atoms with Crippen molar-refractivity contribution in [1.29, 1.82) is 0 Å². The van der Waals surface area contributed by atoms with Gasteiger partial charge in [0.1, 0.15) is 0 Å². The van der Waals surface area contributed by atoms with Crippen LogP contribution in [0.3, 0.4) is 0 Å². The molecule has 0 aliphatic carbocycles. The van der Waals surface area contributed by atoms with Gasteiger partial charge < -0.3 is 0 Å². The first-order valence-corrected chi connectivity index (χ1v) is 10.4. The molecule has 8 heteroatoms. The standard InChI is InChI=1S/C23H28N6O2/c1-13(2)28-19-20(24-22(28)29-17(6)15(4)16(5)25-29)26(7)23(31)27(21(19)30)12-18-10-8-9-14(3)11-18/h8-11,13H,12H2,1-7H3. The van der Waals surface area contributed by atoms with Gasteiger partial charge in [-0.1, -0.05) is 29.8 Å². The molecule has 0 unspecified atom stereocenters. The summed E-state index contributed by atoms with van der Waals surface area (Å²) in [5.41, 5.74) is 4.98. The molecule has 0 fully saturated rings. The number of hydrogen-bond donors (Lipinski definition) is 0. The lowest BCUT2D eigenvalue weighted by Crippen LogP contribution is -2.40. The molecule has 0 aliphatic heterocycles.